The molecule has 1 heterocycles. The Kier molecular flexibility index (Phi) is 4.70. The smallest absolute Gasteiger partial charge is 0.253 e. The van der Waals surface area contributed by atoms with Crippen LogP contribution in [0, 0.1) is 5.92 Å². The molecule has 1 saturated heterocycles. The zero-order chi connectivity index (χ0) is 16.4. The van der Waals surface area contributed by atoms with Crippen molar-refractivity contribution in [1.29, 1.82) is 0 Å². The van der Waals surface area contributed by atoms with E-state index in [0.717, 1.165) is 32.4 Å². The Hall–Kier alpha value is -1.44. The van der Waals surface area contributed by atoms with Gasteiger partial charge in [-0.3, -0.25) is 4.79 Å². The number of carbonyl (C=O) groups is 1. The number of nitrogens with one attached hydrogen (secondary N) is 2. The summed E-state index contributed by atoms with van der Waals surface area (Å²) in [6, 6.07) is 6.45. The first-order valence-electron chi connectivity index (χ1n) is 8.05. The van der Waals surface area contributed by atoms with E-state index in [1.807, 2.05) is 0 Å². The fourth-order valence-corrected chi connectivity index (χ4v) is 3.93. The minimum Gasteiger partial charge on any atom is -0.337 e. The summed E-state index contributed by atoms with van der Waals surface area (Å²) in [7, 11) is -1.78. The Morgan fingerprint density at radius 3 is 2.78 bits per heavy atom. The van der Waals surface area contributed by atoms with E-state index in [1.54, 1.807) is 24.1 Å². The van der Waals surface area contributed by atoms with E-state index in [-0.39, 0.29) is 16.8 Å². The number of carbonyl (C=O) groups excluding carboxylic acids is 1. The first-order chi connectivity index (χ1) is 11.0. The summed E-state index contributed by atoms with van der Waals surface area (Å²) in [5.74, 6) is 0.327. The Bertz CT molecular complexity index is 680. The summed E-state index contributed by atoms with van der Waals surface area (Å²) in [6.07, 6.45) is 3.09. The second-order valence-electron chi connectivity index (χ2n) is 6.39. The lowest BCUT2D eigenvalue weighted by atomic mass is 10.1. The summed E-state index contributed by atoms with van der Waals surface area (Å²) in [4.78, 5) is 14.4. The van der Waals surface area contributed by atoms with Crippen molar-refractivity contribution >= 4 is 15.9 Å². The van der Waals surface area contributed by atoms with Gasteiger partial charge >= 0.3 is 0 Å². The average Bonchev–Trinajstić information content (AvgIpc) is 3.23. The molecule has 126 valence electrons. The largest absolute Gasteiger partial charge is 0.337 e. The van der Waals surface area contributed by atoms with E-state index in [4.69, 9.17) is 0 Å². The van der Waals surface area contributed by atoms with Gasteiger partial charge in [0.2, 0.25) is 10.0 Å². The molecule has 2 fully saturated rings. The van der Waals surface area contributed by atoms with E-state index < -0.39 is 10.0 Å². The second kappa shape index (κ2) is 6.59. The molecule has 0 aromatic heterocycles. The molecule has 2 aliphatic rings. The lowest BCUT2D eigenvalue weighted by Gasteiger charge is -2.24. The van der Waals surface area contributed by atoms with Gasteiger partial charge in [-0.05, 0) is 49.9 Å². The first kappa shape index (κ1) is 16.4. The summed E-state index contributed by atoms with van der Waals surface area (Å²) in [5.41, 5.74) is 0.411. The van der Waals surface area contributed by atoms with Crippen LogP contribution in [0.4, 0.5) is 0 Å². The quantitative estimate of drug-likeness (QED) is 0.805. The SMILES string of the molecule is CN(C(=O)c1cccc(S(=O)(=O)NCC2CC2)c1)C1CCNC1. The molecule has 1 unspecified atom stereocenters. The van der Waals surface area contributed by atoms with Crippen LogP contribution in [-0.4, -0.2) is 51.9 Å². The average molecular weight is 337 g/mol. The molecule has 1 aromatic carbocycles. The summed E-state index contributed by atoms with van der Waals surface area (Å²) in [5, 5.41) is 3.23. The maximum Gasteiger partial charge on any atom is 0.253 e. The second-order valence-corrected chi connectivity index (χ2v) is 8.15. The van der Waals surface area contributed by atoms with Crippen LogP contribution in [0.3, 0.4) is 0 Å². The third kappa shape index (κ3) is 3.91. The van der Waals surface area contributed by atoms with Crippen molar-refractivity contribution in [2.45, 2.75) is 30.2 Å². The van der Waals surface area contributed by atoms with E-state index in [1.165, 1.54) is 12.1 Å². The lowest BCUT2D eigenvalue weighted by molar-refractivity contribution is 0.0743. The number of sulfonamides is 1. The van der Waals surface area contributed by atoms with Crippen LogP contribution < -0.4 is 10.0 Å². The van der Waals surface area contributed by atoms with Crippen LogP contribution in [0.2, 0.25) is 0 Å². The van der Waals surface area contributed by atoms with E-state index >= 15 is 0 Å². The highest BCUT2D eigenvalue weighted by molar-refractivity contribution is 7.89. The van der Waals surface area contributed by atoms with E-state index in [2.05, 4.69) is 10.0 Å². The molecule has 1 aliphatic carbocycles. The number of nitrogens with zero attached hydrogens (tertiary/aromatic N) is 1. The molecule has 7 heteroatoms. The molecule has 1 amide bonds. The predicted molar refractivity (Wildman–Crippen MR) is 87.7 cm³/mol. The number of hydrogen-bond donors (Lipinski definition) is 2. The molecule has 6 nitrogen and oxygen atoms in total. The molecule has 1 atom stereocenters. The predicted octanol–water partition coefficient (Wildman–Crippen LogP) is 0.809. The van der Waals surface area contributed by atoms with Gasteiger partial charge in [-0.2, -0.15) is 0 Å². The highest BCUT2D eigenvalue weighted by Gasteiger charge is 2.26. The summed E-state index contributed by atoms with van der Waals surface area (Å²) >= 11 is 0. The van der Waals surface area contributed by atoms with Gasteiger partial charge in [-0.1, -0.05) is 6.07 Å². The van der Waals surface area contributed by atoms with Gasteiger partial charge in [-0.15, -0.1) is 0 Å². The Balaban J connectivity index is 1.74. The topological polar surface area (TPSA) is 78.5 Å². The van der Waals surface area contributed by atoms with Crippen molar-refractivity contribution in [2.24, 2.45) is 5.92 Å². The normalized spacial score (nSPS) is 21.3. The molecule has 2 N–H and O–H groups in total. The zero-order valence-corrected chi connectivity index (χ0v) is 14.1. The molecule has 23 heavy (non-hydrogen) atoms. The van der Waals surface area contributed by atoms with E-state index in [9.17, 15) is 13.2 Å². The molecule has 0 bridgehead atoms. The third-order valence-electron chi connectivity index (χ3n) is 4.55. The maximum absolute atomic E-state index is 12.6. The molecule has 1 aromatic rings. The standard InChI is InChI=1S/C16H23N3O3S/c1-19(14-7-8-17-11-14)16(20)13-3-2-4-15(9-13)23(21,22)18-10-12-5-6-12/h2-4,9,12,14,17-18H,5-8,10-11H2,1H3. The molecule has 0 radical (unpaired) electrons. The molecule has 3 rings (SSSR count). The Morgan fingerprint density at radius 1 is 1.35 bits per heavy atom. The minimum atomic E-state index is -3.55. The third-order valence-corrected chi connectivity index (χ3v) is 5.97. The van der Waals surface area contributed by atoms with Crippen LogP contribution in [-0.2, 0) is 10.0 Å². The summed E-state index contributed by atoms with van der Waals surface area (Å²) in [6.45, 7) is 2.17. The van der Waals surface area contributed by atoms with Crippen molar-refractivity contribution in [2.75, 3.05) is 26.7 Å². The number of benzene rings is 1. The van der Waals surface area contributed by atoms with Gasteiger partial charge in [0.15, 0.2) is 0 Å². The van der Waals surface area contributed by atoms with Crippen LogP contribution in [0.25, 0.3) is 0 Å². The molecule has 1 aliphatic heterocycles. The minimum absolute atomic E-state index is 0.141. The van der Waals surface area contributed by atoms with Gasteiger partial charge < -0.3 is 10.2 Å². The van der Waals surface area contributed by atoms with E-state index in [0.29, 0.717) is 18.0 Å². The summed E-state index contributed by atoms with van der Waals surface area (Å²) < 4.78 is 27.3. The van der Waals surface area contributed by atoms with Crippen LogP contribution in [0.5, 0.6) is 0 Å². The fourth-order valence-electron chi connectivity index (χ4n) is 2.77. The van der Waals surface area contributed by atoms with Gasteiger partial charge in [0, 0.05) is 31.7 Å². The maximum atomic E-state index is 12.6. The van der Waals surface area contributed by atoms with Gasteiger partial charge in [0.1, 0.15) is 0 Å². The van der Waals surface area contributed by atoms with Gasteiger partial charge in [0.25, 0.3) is 5.91 Å². The highest BCUT2D eigenvalue weighted by atomic mass is 32.2. The van der Waals surface area contributed by atoms with Crippen LogP contribution in [0.15, 0.2) is 29.2 Å². The fraction of sp³-hybridized carbons (Fsp3) is 0.562. The molecular weight excluding hydrogens is 314 g/mol. The van der Waals surface area contributed by atoms with Crippen molar-refractivity contribution in [1.82, 2.24) is 14.9 Å². The Morgan fingerprint density at radius 2 is 2.13 bits per heavy atom. The van der Waals surface area contributed by atoms with Crippen LogP contribution in [0.1, 0.15) is 29.6 Å². The monoisotopic (exact) mass is 337 g/mol. The lowest BCUT2D eigenvalue weighted by Crippen LogP contribution is -2.38. The van der Waals surface area contributed by atoms with Crippen LogP contribution >= 0.6 is 0 Å². The van der Waals surface area contributed by atoms with Gasteiger partial charge in [0.05, 0.1) is 4.90 Å². The highest BCUT2D eigenvalue weighted by Crippen LogP contribution is 2.28. The molecular formula is C16H23N3O3S. The van der Waals surface area contributed by atoms with Crippen molar-refractivity contribution in [3.8, 4) is 0 Å². The zero-order valence-electron chi connectivity index (χ0n) is 13.3. The molecule has 0 spiro atoms. The van der Waals surface area contributed by atoms with Gasteiger partial charge in [-0.25, -0.2) is 13.1 Å². The number of likely N-dealkylation sites (N-methyl/N-ethyl adjacent to an activating group) is 1. The van der Waals surface area contributed by atoms with Crippen molar-refractivity contribution < 1.29 is 13.2 Å². The number of hydrogen-bond acceptors (Lipinski definition) is 4. The van der Waals surface area contributed by atoms with Crippen molar-refractivity contribution in [3.05, 3.63) is 29.8 Å². The number of rotatable bonds is 6. The first-order valence-corrected chi connectivity index (χ1v) is 9.53. The van der Waals surface area contributed by atoms with Crippen molar-refractivity contribution in [3.63, 3.8) is 0 Å². The molecule has 1 saturated carbocycles. The number of amides is 1. The Labute approximate surface area is 137 Å².